The minimum absolute atomic E-state index is 0.417. The number of carbonyl (C=O) groups is 1. The molecule has 0 aromatic heterocycles. The molecule has 0 bridgehead atoms. The van der Waals surface area contributed by atoms with Crippen LogP contribution >= 0.6 is 23.2 Å². The van der Waals surface area contributed by atoms with Crippen molar-refractivity contribution in [3.63, 3.8) is 0 Å². The number of esters is 1. The Bertz CT molecular complexity index is 354. The lowest BCUT2D eigenvalue weighted by atomic mass is 10.1. The molecule has 0 heterocycles. The van der Waals surface area contributed by atoms with Crippen LogP contribution in [0.25, 0.3) is 0 Å². The number of alkyl halides is 2. The summed E-state index contributed by atoms with van der Waals surface area (Å²) >= 11 is 10.7. The standard InChI is InChI=1S/C18H28Cl2O2/c1-2-3-4-5-6-7-8-9-10-11-12-13-14-15-16-22-18(21)17(19)20/h3-4,17H,2,7-16H2,1H3/b4-3-. The molecule has 0 N–H and O–H groups in total. The van der Waals surface area contributed by atoms with E-state index >= 15 is 0 Å². The van der Waals surface area contributed by atoms with Gasteiger partial charge in [0.05, 0.1) is 6.61 Å². The van der Waals surface area contributed by atoms with Crippen molar-refractivity contribution >= 4 is 29.2 Å². The van der Waals surface area contributed by atoms with Crippen LogP contribution in [-0.4, -0.2) is 17.4 Å². The van der Waals surface area contributed by atoms with Gasteiger partial charge in [0, 0.05) is 6.42 Å². The molecule has 0 aromatic carbocycles. The van der Waals surface area contributed by atoms with Crippen molar-refractivity contribution in [2.24, 2.45) is 0 Å². The van der Waals surface area contributed by atoms with Gasteiger partial charge in [-0.2, -0.15) is 0 Å². The van der Waals surface area contributed by atoms with Crippen LogP contribution in [0.2, 0.25) is 0 Å². The lowest BCUT2D eigenvalue weighted by molar-refractivity contribution is -0.141. The van der Waals surface area contributed by atoms with Crippen molar-refractivity contribution in [2.75, 3.05) is 6.61 Å². The van der Waals surface area contributed by atoms with Gasteiger partial charge in [0.15, 0.2) is 0 Å². The second-order valence-electron chi connectivity index (χ2n) is 5.18. The van der Waals surface area contributed by atoms with E-state index in [0.717, 1.165) is 25.7 Å². The SMILES string of the molecule is CC/C=C\C#CCCCCCCCCCCOC(=O)C(Cl)Cl. The zero-order valence-corrected chi connectivity index (χ0v) is 15.1. The molecule has 0 aliphatic rings. The third-order valence-corrected chi connectivity index (χ3v) is 3.51. The average Bonchev–Trinajstić information content (AvgIpc) is 2.50. The van der Waals surface area contributed by atoms with E-state index in [4.69, 9.17) is 27.9 Å². The first kappa shape index (κ1) is 21.4. The predicted octanol–water partition coefficient (Wildman–Crippen LogP) is 5.81. The third-order valence-electron chi connectivity index (χ3n) is 3.16. The second kappa shape index (κ2) is 16.7. The highest BCUT2D eigenvalue weighted by molar-refractivity contribution is 6.52. The first-order valence-electron chi connectivity index (χ1n) is 8.26. The number of hydrogen-bond donors (Lipinski definition) is 0. The van der Waals surface area contributed by atoms with Gasteiger partial charge in [0.25, 0.3) is 0 Å². The van der Waals surface area contributed by atoms with Crippen LogP contribution in [0.5, 0.6) is 0 Å². The maximum Gasteiger partial charge on any atom is 0.339 e. The maximum atomic E-state index is 11.0. The molecule has 0 radical (unpaired) electrons. The van der Waals surface area contributed by atoms with Gasteiger partial charge in [-0.3, -0.25) is 0 Å². The number of ether oxygens (including phenoxy) is 1. The number of allylic oxidation sites excluding steroid dienone is 2. The Kier molecular flexibility index (Phi) is 16.2. The van der Waals surface area contributed by atoms with Gasteiger partial charge in [0.2, 0.25) is 4.84 Å². The molecular weight excluding hydrogens is 319 g/mol. The van der Waals surface area contributed by atoms with E-state index in [9.17, 15) is 4.79 Å². The number of carbonyl (C=O) groups excluding carboxylic acids is 1. The van der Waals surface area contributed by atoms with E-state index in [0.29, 0.717) is 6.61 Å². The van der Waals surface area contributed by atoms with Crippen molar-refractivity contribution < 1.29 is 9.53 Å². The minimum Gasteiger partial charge on any atom is -0.464 e. The van der Waals surface area contributed by atoms with Crippen LogP contribution in [-0.2, 0) is 9.53 Å². The number of halogens is 2. The summed E-state index contributed by atoms with van der Waals surface area (Å²) in [7, 11) is 0. The zero-order valence-electron chi connectivity index (χ0n) is 13.6. The van der Waals surface area contributed by atoms with E-state index in [-0.39, 0.29) is 0 Å². The highest BCUT2D eigenvalue weighted by Gasteiger charge is 2.11. The third kappa shape index (κ3) is 15.7. The van der Waals surface area contributed by atoms with Gasteiger partial charge in [0.1, 0.15) is 0 Å². The monoisotopic (exact) mass is 346 g/mol. The highest BCUT2D eigenvalue weighted by atomic mass is 35.5. The van der Waals surface area contributed by atoms with Gasteiger partial charge in [-0.15, -0.1) is 0 Å². The number of unbranched alkanes of at least 4 members (excludes halogenated alkanes) is 8. The van der Waals surface area contributed by atoms with E-state index < -0.39 is 10.8 Å². The van der Waals surface area contributed by atoms with E-state index in [1.165, 1.54) is 38.5 Å². The summed E-state index contributed by atoms with van der Waals surface area (Å²) in [4.78, 5) is 9.91. The Labute approximate surface area is 145 Å². The van der Waals surface area contributed by atoms with Crippen molar-refractivity contribution in [3.8, 4) is 11.8 Å². The molecule has 4 heteroatoms. The molecule has 0 aromatic rings. The molecule has 0 unspecified atom stereocenters. The van der Waals surface area contributed by atoms with Crippen LogP contribution in [0.4, 0.5) is 0 Å². The molecule has 22 heavy (non-hydrogen) atoms. The van der Waals surface area contributed by atoms with Crippen LogP contribution in [0, 0.1) is 11.8 Å². The molecule has 0 spiro atoms. The molecule has 0 atom stereocenters. The summed E-state index contributed by atoms with van der Waals surface area (Å²) in [6.07, 6.45) is 15.5. The Morgan fingerprint density at radius 3 is 2.23 bits per heavy atom. The second-order valence-corrected chi connectivity index (χ2v) is 6.27. The molecule has 0 rings (SSSR count). The highest BCUT2D eigenvalue weighted by Crippen LogP contribution is 2.10. The molecule has 126 valence electrons. The van der Waals surface area contributed by atoms with E-state index in [2.05, 4.69) is 24.8 Å². The molecule has 0 aliphatic heterocycles. The Hall–Kier alpha value is -0.650. The van der Waals surface area contributed by atoms with Crippen LogP contribution in [0.15, 0.2) is 12.2 Å². The molecule has 0 fully saturated rings. The quantitative estimate of drug-likeness (QED) is 0.193. The summed E-state index contributed by atoms with van der Waals surface area (Å²) in [6.45, 7) is 2.53. The van der Waals surface area contributed by atoms with E-state index in [1.54, 1.807) is 0 Å². The summed E-state index contributed by atoms with van der Waals surface area (Å²) in [5.41, 5.74) is 0. The Balaban J connectivity index is 3.19. The van der Waals surface area contributed by atoms with Crippen molar-refractivity contribution in [3.05, 3.63) is 12.2 Å². The number of rotatable bonds is 12. The average molecular weight is 347 g/mol. The van der Waals surface area contributed by atoms with Crippen LogP contribution in [0.1, 0.15) is 71.1 Å². The first-order valence-corrected chi connectivity index (χ1v) is 9.14. The van der Waals surface area contributed by atoms with Crippen molar-refractivity contribution in [1.82, 2.24) is 0 Å². The Morgan fingerprint density at radius 2 is 1.64 bits per heavy atom. The topological polar surface area (TPSA) is 26.3 Å². The number of hydrogen-bond acceptors (Lipinski definition) is 2. The summed E-state index contributed by atoms with van der Waals surface area (Å²) in [5.74, 6) is 5.67. The van der Waals surface area contributed by atoms with Gasteiger partial charge >= 0.3 is 5.97 Å². The van der Waals surface area contributed by atoms with Gasteiger partial charge in [-0.05, 0) is 25.3 Å². The Morgan fingerprint density at radius 1 is 1.05 bits per heavy atom. The van der Waals surface area contributed by atoms with Gasteiger partial charge in [-0.1, -0.05) is 86.6 Å². The van der Waals surface area contributed by atoms with Crippen molar-refractivity contribution in [1.29, 1.82) is 0 Å². The zero-order chi connectivity index (χ0) is 16.5. The molecule has 0 saturated heterocycles. The maximum absolute atomic E-state index is 11.0. The summed E-state index contributed by atoms with van der Waals surface area (Å²) in [6, 6.07) is 0. The van der Waals surface area contributed by atoms with Crippen LogP contribution < -0.4 is 0 Å². The first-order chi connectivity index (χ1) is 10.7. The molecule has 0 aliphatic carbocycles. The minimum atomic E-state index is -1.06. The normalized spacial score (nSPS) is 10.7. The fourth-order valence-corrected chi connectivity index (χ4v) is 2.05. The predicted molar refractivity (Wildman–Crippen MR) is 95.2 cm³/mol. The summed E-state index contributed by atoms with van der Waals surface area (Å²) < 4.78 is 4.89. The lowest BCUT2D eigenvalue weighted by Crippen LogP contribution is -2.12. The molecular formula is C18H28Cl2O2. The van der Waals surface area contributed by atoms with Crippen LogP contribution in [0.3, 0.4) is 0 Å². The fourth-order valence-electron chi connectivity index (χ4n) is 1.92. The summed E-state index contributed by atoms with van der Waals surface area (Å²) in [5, 5.41) is 0. The van der Waals surface area contributed by atoms with Gasteiger partial charge in [-0.25, -0.2) is 4.79 Å². The van der Waals surface area contributed by atoms with Crippen molar-refractivity contribution in [2.45, 2.75) is 76.0 Å². The smallest absolute Gasteiger partial charge is 0.339 e. The van der Waals surface area contributed by atoms with E-state index in [1.807, 2.05) is 6.08 Å². The largest absolute Gasteiger partial charge is 0.464 e. The molecule has 2 nitrogen and oxygen atoms in total. The lowest BCUT2D eigenvalue weighted by Gasteiger charge is -2.05. The molecule has 0 amide bonds. The molecule has 0 saturated carbocycles. The van der Waals surface area contributed by atoms with Gasteiger partial charge < -0.3 is 4.74 Å². The fraction of sp³-hybridized carbons (Fsp3) is 0.722.